The minimum atomic E-state index is -0.0951. The maximum atomic E-state index is 13.6. The van der Waals surface area contributed by atoms with Crippen molar-refractivity contribution < 1.29 is 14.2 Å². The number of hydrogen-bond donors (Lipinski definition) is 0. The van der Waals surface area contributed by atoms with Crippen LogP contribution in [0.1, 0.15) is 36.3 Å². The molecule has 0 bridgehead atoms. The van der Waals surface area contributed by atoms with Gasteiger partial charge < -0.3 is 14.2 Å². The second-order valence-electron chi connectivity index (χ2n) is 7.87. The van der Waals surface area contributed by atoms with Gasteiger partial charge in [0.1, 0.15) is 5.82 Å². The van der Waals surface area contributed by atoms with Crippen LogP contribution < -0.4 is 15.0 Å². The van der Waals surface area contributed by atoms with Crippen molar-refractivity contribution in [3.63, 3.8) is 0 Å². The number of aromatic nitrogens is 3. The van der Waals surface area contributed by atoms with Crippen LogP contribution in [0.25, 0.3) is 10.9 Å². The summed E-state index contributed by atoms with van der Waals surface area (Å²) in [7, 11) is 3.15. The van der Waals surface area contributed by atoms with E-state index >= 15 is 0 Å². The highest BCUT2D eigenvalue weighted by molar-refractivity contribution is 7.09. The SMILES string of the molecule is CCCCc1nc(Cn2c(CN3CCOCC3)nc3cc(OC)c(OC)cc3c2=O)cs1. The van der Waals surface area contributed by atoms with Gasteiger partial charge in [0.25, 0.3) is 5.56 Å². The van der Waals surface area contributed by atoms with Crippen molar-refractivity contribution in [3.8, 4) is 11.5 Å². The Labute approximate surface area is 191 Å². The first-order valence-corrected chi connectivity index (χ1v) is 11.9. The van der Waals surface area contributed by atoms with Crippen LogP contribution in [0, 0.1) is 0 Å². The van der Waals surface area contributed by atoms with Crippen LogP contribution in [0.15, 0.2) is 22.3 Å². The fourth-order valence-electron chi connectivity index (χ4n) is 3.86. The van der Waals surface area contributed by atoms with Crippen molar-refractivity contribution in [2.75, 3.05) is 40.5 Å². The minimum Gasteiger partial charge on any atom is -0.493 e. The first kappa shape index (κ1) is 22.7. The molecule has 9 heteroatoms. The number of fused-ring (bicyclic) bond motifs is 1. The average Bonchev–Trinajstić information content (AvgIpc) is 3.27. The lowest BCUT2D eigenvalue weighted by Gasteiger charge is -2.27. The van der Waals surface area contributed by atoms with E-state index in [0.717, 1.165) is 48.9 Å². The van der Waals surface area contributed by atoms with Gasteiger partial charge in [0.05, 0.1) is 62.1 Å². The zero-order valence-corrected chi connectivity index (χ0v) is 19.7. The van der Waals surface area contributed by atoms with Gasteiger partial charge in [0, 0.05) is 24.5 Å². The Kier molecular flexibility index (Phi) is 7.39. The number of nitrogens with zero attached hydrogens (tertiary/aromatic N) is 4. The van der Waals surface area contributed by atoms with Crippen LogP contribution in [0.4, 0.5) is 0 Å². The highest BCUT2D eigenvalue weighted by Gasteiger charge is 2.19. The predicted octanol–water partition coefficient (Wildman–Crippen LogP) is 3.09. The van der Waals surface area contributed by atoms with Crippen LogP contribution in [-0.4, -0.2) is 60.0 Å². The Hall–Kier alpha value is -2.49. The van der Waals surface area contributed by atoms with E-state index in [1.807, 2.05) is 0 Å². The topological polar surface area (TPSA) is 78.7 Å². The van der Waals surface area contributed by atoms with E-state index in [9.17, 15) is 4.79 Å². The summed E-state index contributed by atoms with van der Waals surface area (Å²) >= 11 is 1.66. The lowest BCUT2D eigenvalue weighted by Crippen LogP contribution is -2.38. The third-order valence-corrected chi connectivity index (χ3v) is 6.63. The fourth-order valence-corrected chi connectivity index (χ4v) is 4.69. The second-order valence-corrected chi connectivity index (χ2v) is 8.81. The number of thiazole rings is 1. The van der Waals surface area contributed by atoms with Crippen molar-refractivity contribution in [2.45, 2.75) is 39.3 Å². The molecule has 0 N–H and O–H groups in total. The molecule has 3 aromatic rings. The van der Waals surface area contributed by atoms with Crippen LogP contribution in [0.3, 0.4) is 0 Å². The van der Waals surface area contributed by atoms with Gasteiger partial charge in [0.2, 0.25) is 0 Å². The molecular weight excluding hydrogens is 428 g/mol. The van der Waals surface area contributed by atoms with Gasteiger partial charge >= 0.3 is 0 Å². The Balaban J connectivity index is 1.76. The summed E-state index contributed by atoms with van der Waals surface area (Å²) in [5.41, 5.74) is 1.41. The first-order valence-electron chi connectivity index (χ1n) is 11.0. The maximum absolute atomic E-state index is 13.6. The van der Waals surface area contributed by atoms with Crippen molar-refractivity contribution in [3.05, 3.63) is 44.4 Å². The first-order chi connectivity index (χ1) is 15.6. The van der Waals surface area contributed by atoms with E-state index in [4.69, 9.17) is 24.2 Å². The summed E-state index contributed by atoms with van der Waals surface area (Å²) in [6.07, 6.45) is 3.23. The molecule has 172 valence electrons. The fraction of sp³-hybridized carbons (Fsp3) is 0.522. The third kappa shape index (κ3) is 4.95. The van der Waals surface area contributed by atoms with Gasteiger partial charge in [-0.15, -0.1) is 11.3 Å². The molecule has 0 spiro atoms. The molecule has 0 radical (unpaired) electrons. The van der Waals surface area contributed by atoms with Crippen molar-refractivity contribution in [1.82, 2.24) is 19.4 Å². The van der Waals surface area contributed by atoms with Crippen LogP contribution in [0.5, 0.6) is 11.5 Å². The van der Waals surface area contributed by atoms with Gasteiger partial charge in [-0.05, 0) is 18.9 Å². The summed E-state index contributed by atoms with van der Waals surface area (Å²) in [6, 6.07) is 3.49. The summed E-state index contributed by atoms with van der Waals surface area (Å²) in [6.45, 7) is 6.17. The summed E-state index contributed by atoms with van der Waals surface area (Å²) in [5, 5.41) is 3.67. The van der Waals surface area contributed by atoms with Crippen LogP contribution in [0.2, 0.25) is 0 Å². The number of benzene rings is 1. The quantitative estimate of drug-likeness (QED) is 0.488. The number of morpholine rings is 1. The largest absolute Gasteiger partial charge is 0.493 e. The predicted molar refractivity (Wildman–Crippen MR) is 125 cm³/mol. The Morgan fingerprint density at radius 2 is 1.84 bits per heavy atom. The zero-order valence-electron chi connectivity index (χ0n) is 18.9. The average molecular weight is 459 g/mol. The van der Waals surface area contributed by atoms with Crippen LogP contribution in [-0.2, 0) is 24.2 Å². The van der Waals surface area contributed by atoms with Crippen LogP contribution >= 0.6 is 11.3 Å². The molecule has 1 aromatic carbocycles. The maximum Gasteiger partial charge on any atom is 0.261 e. The molecule has 4 rings (SSSR count). The number of ether oxygens (including phenoxy) is 3. The zero-order chi connectivity index (χ0) is 22.5. The standard InChI is InChI=1S/C23H30N4O4S/c1-4-5-6-22-24-16(15-32-22)13-27-21(14-26-7-9-31-10-8-26)25-18-12-20(30-3)19(29-2)11-17(18)23(27)28/h11-12,15H,4-10,13-14H2,1-3H3. The van der Waals surface area contributed by atoms with E-state index in [-0.39, 0.29) is 5.56 Å². The summed E-state index contributed by atoms with van der Waals surface area (Å²) in [5.74, 6) is 1.80. The van der Waals surface area contributed by atoms with E-state index in [0.29, 0.717) is 48.7 Å². The molecule has 1 aliphatic heterocycles. The molecule has 1 aliphatic rings. The van der Waals surface area contributed by atoms with E-state index in [2.05, 4.69) is 17.2 Å². The van der Waals surface area contributed by atoms with Gasteiger partial charge in [0.15, 0.2) is 11.5 Å². The second kappa shape index (κ2) is 10.4. The molecular formula is C23H30N4O4S. The normalized spacial score (nSPS) is 14.7. The molecule has 0 aliphatic carbocycles. The highest BCUT2D eigenvalue weighted by Crippen LogP contribution is 2.30. The number of rotatable bonds is 9. The van der Waals surface area contributed by atoms with Gasteiger partial charge in [-0.2, -0.15) is 0 Å². The number of hydrogen-bond acceptors (Lipinski definition) is 8. The Morgan fingerprint density at radius 1 is 1.09 bits per heavy atom. The van der Waals surface area contributed by atoms with E-state index in [1.54, 1.807) is 42.3 Å². The molecule has 1 fully saturated rings. The van der Waals surface area contributed by atoms with Gasteiger partial charge in [-0.3, -0.25) is 14.3 Å². The molecule has 0 amide bonds. The molecule has 0 unspecified atom stereocenters. The molecule has 8 nitrogen and oxygen atoms in total. The monoisotopic (exact) mass is 458 g/mol. The Morgan fingerprint density at radius 3 is 2.56 bits per heavy atom. The lowest BCUT2D eigenvalue weighted by molar-refractivity contribution is 0.0325. The number of methoxy groups -OCH3 is 2. The molecule has 32 heavy (non-hydrogen) atoms. The number of aryl methyl sites for hydroxylation is 1. The third-order valence-electron chi connectivity index (χ3n) is 5.67. The van der Waals surface area contributed by atoms with Gasteiger partial charge in [-0.1, -0.05) is 13.3 Å². The summed E-state index contributed by atoms with van der Waals surface area (Å²) in [4.78, 5) is 25.5. The lowest BCUT2D eigenvalue weighted by atomic mass is 10.2. The van der Waals surface area contributed by atoms with Gasteiger partial charge in [-0.25, -0.2) is 9.97 Å². The number of unbranched alkanes of at least 4 members (excludes halogenated alkanes) is 1. The molecule has 2 aromatic heterocycles. The van der Waals surface area contributed by atoms with E-state index in [1.165, 1.54) is 0 Å². The molecule has 1 saturated heterocycles. The summed E-state index contributed by atoms with van der Waals surface area (Å²) < 4.78 is 18.1. The minimum absolute atomic E-state index is 0.0951. The molecule has 0 atom stereocenters. The van der Waals surface area contributed by atoms with Crippen molar-refractivity contribution in [1.29, 1.82) is 0 Å². The van der Waals surface area contributed by atoms with E-state index < -0.39 is 0 Å². The highest BCUT2D eigenvalue weighted by atomic mass is 32.1. The smallest absolute Gasteiger partial charge is 0.261 e. The van der Waals surface area contributed by atoms with Crippen molar-refractivity contribution in [2.24, 2.45) is 0 Å². The van der Waals surface area contributed by atoms with Crippen molar-refractivity contribution >= 4 is 22.2 Å². The Bertz CT molecular complexity index is 1120. The molecule has 0 saturated carbocycles. The molecule has 3 heterocycles.